The Balaban J connectivity index is 2.01. The average molecular weight is 278 g/mol. The Kier molecular flexibility index (Phi) is 3.14. The van der Waals surface area contributed by atoms with Crippen LogP contribution in [0.15, 0.2) is 0 Å². The molecule has 0 radical (unpaired) electrons. The molecule has 0 N–H and O–H groups in total. The van der Waals surface area contributed by atoms with E-state index in [9.17, 15) is 0 Å². The van der Waals surface area contributed by atoms with Crippen molar-refractivity contribution in [1.29, 1.82) is 0 Å². The van der Waals surface area contributed by atoms with Gasteiger partial charge in [0.1, 0.15) is 0 Å². The number of aromatic nitrogens is 2. The largest absolute Gasteiger partial charge is 0.502 e. The highest BCUT2D eigenvalue weighted by molar-refractivity contribution is 6.63. The Morgan fingerprint density at radius 1 is 1.20 bits per heavy atom. The fraction of sp³-hybridized carbons (Fsp3) is 0.786. The fourth-order valence-electron chi connectivity index (χ4n) is 2.65. The number of aryl methyl sites for hydroxylation is 2. The molecule has 1 fully saturated rings. The van der Waals surface area contributed by atoms with Crippen LogP contribution in [0.3, 0.4) is 0 Å². The molecule has 2 aliphatic heterocycles. The van der Waals surface area contributed by atoms with Crippen molar-refractivity contribution in [1.82, 2.24) is 9.78 Å². The molecule has 0 amide bonds. The van der Waals surface area contributed by atoms with Gasteiger partial charge in [-0.1, -0.05) is 6.92 Å². The van der Waals surface area contributed by atoms with Crippen LogP contribution in [0.4, 0.5) is 0 Å². The first-order valence-corrected chi connectivity index (χ1v) is 7.44. The lowest BCUT2D eigenvalue weighted by atomic mass is 9.78. The van der Waals surface area contributed by atoms with Crippen molar-refractivity contribution in [2.75, 3.05) is 6.61 Å². The van der Waals surface area contributed by atoms with E-state index in [1.165, 1.54) is 0 Å². The van der Waals surface area contributed by atoms with Gasteiger partial charge in [-0.05, 0) is 34.1 Å². The van der Waals surface area contributed by atoms with Gasteiger partial charge >= 0.3 is 7.12 Å². The number of hydrogen-bond acceptors (Lipinski definition) is 4. The number of fused-ring (bicyclic) bond motifs is 1. The van der Waals surface area contributed by atoms with E-state index in [0.717, 1.165) is 43.0 Å². The van der Waals surface area contributed by atoms with Crippen molar-refractivity contribution in [3.8, 4) is 5.88 Å². The van der Waals surface area contributed by atoms with Gasteiger partial charge in [-0.3, -0.25) is 0 Å². The summed E-state index contributed by atoms with van der Waals surface area (Å²) in [6.07, 6.45) is 1.85. The Morgan fingerprint density at radius 3 is 2.45 bits per heavy atom. The SMILES string of the molecule is CCc1nn2c(c1B1OC(C)(C)C(C)(C)O1)OCCC2. The molecule has 0 bridgehead atoms. The second kappa shape index (κ2) is 4.50. The highest BCUT2D eigenvalue weighted by atomic mass is 16.7. The van der Waals surface area contributed by atoms with Gasteiger partial charge in [0, 0.05) is 13.0 Å². The van der Waals surface area contributed by atoms with Crippen LogP contribution in [0.1, 0.15) is 46.7 Å². The van der Waals surface area contributed by atoms with E-state index in [4.69, 9.17) is 14.0 Å². The van der Waals surface area contributed by atoms with E-state index < -0.39 is 7.12 Å². The van der Waals surface area contributed by atoms with Gasteiger partial charge in [-0.25, -0.2) is 4.68 Å². The summed E-state index contributed by atoms with van der Waals surface area (Å²) in [5, 5.41) is 4.64. The molecule has 110 valence electrons. The second-order valence-corrected chi connectivity index (χ2v) is 6.53. The van der Waals surface area contributed by atoms with Crippen molar-refractivity contribution in [2.45, 2.75) is 65.2 Å². The predicted molar refractivity (Wildman–Crippen MR) is 77.4 cm³/mol. The molecule has 0 atom stereocenters. The maximum Gasteiger partial charge on any atom is 0.502 e. The molecule has 5 nitrogen and oxygen atoms in total. The average Bonchev–Trinajstić information content (AvgIpc) is 2.84. The lowest BCUT2D eigenvalue weighted by Crippen LogP contribution is -2.41. The van der Waals surface area contributed by atoms with Crippen LogP contribution in [0.5, 0.6) is 5.88 Å². The van der Waals surface area contributed by atoms with Gasteiger partial charge in [-0.15, -0.1) is 0 Å². The predicted octanol–water partition coefficient (Wildman–Crippen LogP) is 1.53. The molecule has 2 aliphatic rings. The topological polar surface area (TPSA) is 45.5 Å². The normalized spacial score (nSPS) is 23.6. The van der Waals surface area contributed by atoms with Gasteiger partial charge in [0.05, 0.1) is 29.0 Å². The Hall–Kier alpha value is -1.01. The summed E-state index contributed by atoms with van der Waals surface area (Å²) in [6, 6.07) is 0. The Bertz CT molecular complexity index is 509. The summed E-state index contributed by atoms with van der Waals surface area (Å²) in [6.45, 7) is 12.0. The molecule has 3 heterocycles. The smallest absolute Gasteiger partial charge is 0.478 e. The van der Waals surface area contributed by atoms with Crippen LogP contribution in [0, 0.1) is 0 Å². The quantitative estimate of drug-likeness (QED) is 0.770. The molecular weight excluding hydrogens is 255 g/mol. The summed E-state index contributed by atoms with van der Waals surface area (Å²) in [4.78, 5) is 0. The van der Waals surface area contributed by atoms with Crippen LogP contribution in [-0.2, 0) is 22.3 Å². The summed E-state index contributed by atoms with van der Waals surface area (Å²) in [5.41, 5.74) is 1.31. The molecular formula is C14H23BN2O3. The second-order valence-electron chi connectivity index (χ2n) is 6.53. The van der Waals surface area contributed by atoms with Crippen LogP contribution in [0.25, 0.3) is 0 Å². The molecule has 6 heteroatoms. The highest BCUT2D eigenvalue weighted by Gasteiger charge is 2.54. The molecule has 0 spiro atoms. The first-order chi connectivity index (χ1) is 9.36. The lowest BCUT2D eigenvalue weighted by Gasteiger charge is -2.32. The fourth-order valence-corrected chi connectivity index (χ4v) is 2.65. The third-order valence-corrected chi connectivity index (χ3v) is 4.59. The zero-order valence-electron chi connectivity index (χ0n) is 13.0. The maximum atomic E-state index is 6.16. The standard InChI is InChI=1S/C14H23BN2O3/c1-6-10-11(12-17(16-10)8-7-9-18-12)15-19-13(2,3)14(4,5)20-15/h6-9H2,1-5H3. The Morgan fingerprint density at radius 2 is 1.85 bits per heavy atom. The van der Waals surface area contributed by atoms with Crippen molar-refractivity contribution in [3.05, 3.63) is 5.69 Å². The number of ether oxygens (including phenoxy) is 1. The third kappa shape index (κ3) is 1.97. The summed E-state index contributed by atoms with van der Waals surface area (Å²) < 4.78 is 20.1. The van der Waals surface area contributed by atoms with Crippen molar-refractivity contribution < 1.29 is 14.0 Å². The van der Waals surface area contributed by atoms with Gasteiger partial charge in [0.25, 0.3) is 0 Å². The molecule has 3 rings (SSSR count). The summed E-state index contributed by atoms with van der Waals surface area (Å²) in [7, 11) is -0.392. The molecule has 20 heavy (non-hydrogen) atoms. The molecule has 1 aromatic heterocycles. The lowest BCUT2D eigenvalue weighted by molar-refractivity contribution is 0.00578. The van der Waals surface area contributed by atoms with Gasteiger partial charge in [-0.2, -0.15) is 5.10 Å². The number of rotatable bonds is 2. The summed E-state index contributed by atoms with van der Waals surface area (Å²) >= 11 is 0. The van der Waals surface area contributed by atoms with Crippen LogP contribution >= 0.6 is 0 Å². The zero-order chi connectivity index (χ0) is 14.5. The van der Waals surface area contributed by atoms with Crippen molar-refractivity contribution in [3.63, 3.8) is 0 Å². The van der Waals surface area contributed by atoms with E-state index in [-0.39, 0.29) is 11.2 Å². The monoisotopic (exact) mass is 278 g/mol. The molecule has 0 aliphatic carbocycles. The van der Waals surface area contributed by atoms with E-state index in [0.29, 0.717) is 0 Å². The van der Waals surface area contributed by atoms with E-state index in [1.54, 1.807) is 0 Å². The van der Waals surface area contributed by atoms with Crippen molar-refractivity contribution in [2.24, 2.45) is 0 Å². The Labute approximate surface area is 120 Å². The summed E-state index contributed by atoms with van der Waals surface area (Å²) in [5.74, 6) is 0.826. The van der Waals surface area contributed by atoms with Crippen LogP contribution in [-0.4, -0.2) is 34.7 Å². The van der Waals surface area contributed by atoms with Crippen LogP contribution in [0.2, 0.25) is 0 Å². The van der Waals surface area contributed by atoms with Gasteiger partial charge in [0.15, 0.2) is 0 Å². The zero-order valence-corrected chi connectivity index (χ0v) is 13.0. The molecule has 0 unspecified atom stereocenters. The molecule has 0 aromatic carbocycles. The minimum atomic E-state index is -0.392. The van der Waals surface area contributed by atoms with E-state index in [1.807, 2.05) is 4.68 Å². The van der Waals surface area contributed by atoms with E-state index in [2.05, 4.69) is 39.7 Å². The first kappa shape index (κ1) is 14.0. The van der Waals surface area contributed by atoms with E-state index >= 15 is 0 Å². The number of hydrogen-bond donors (Lipinski definition) is 0. The van der Waals surface area contributed by atoms with Crippen molar-refractivity contribution >= 4 is 12.6 Å². The van der Waals surface area contributed by atoms with Crippen LogP contribution < -0.4 is 10.2 Å². The maximum absolute atomic E-state index is 6.16. The van der Waals surface area contributed by atoms with Gasteiger partial charge < -0.3 is 14.0 Å². The van der Waals surface area contributed by atoms with Gasteiger partial charge in [0.2, 0.25) is 5.88 Å². The molecule has 1 saturated heterocycles. The minimum Gasteiger partial charge on any atom is -0.478 e. The highest BCUT2D eigenvalue weighted by Crippen LogP contribution is 2.37. The minimum absolute atomic E-state index is 0.341. The number of nitrogens with zero attached hydrogens (tertiary/aromatic N) is 2. The molecule has 0 saturated carbocycles. The first-order valence-electron chi connectivity index (χ1n) is 7.44. The molecule has 1 aromatic rings. The third-order valence-electron chi connectivity index (χ3n) is 4.59.